The van der Waals surface area contributed by atoms with Gasteiger partial charge >= 0.3 is 0 Å². The smallest absolute Gasteiger partial charge is 0.262 e. The molecule has 0 radical (unpaired) electrons. The monoisotopic (exact) mass is 317 g/mol. The molecule has 2 rings (SSSR count). The summed E-state index contributed by atoms with van der Waals surface area (Å²) >= 11 is 11.4. The van der Waals surface area contributed by atoms with Crippen LogP contribution in [0.3, 0.4) is 0 Å². The minimum atomic E-state index is -3.76. The third-order valence-corrected chi connectivity index (χ3v) is 4.23. The predicted octanol–water partition coefficient (Wildman–Crippen LogP) is 2.89. The third-order valence-electron chi connectivity index (χ3n) is 2.30. The molecule has 1 heterocycles. The van der Waals surface area contributed by atoms with Gasteiger partial charge in [0.2, 0.25) is 0 Å². The van der Waals surface area contributed by atoms with Crippen molar-refractivity contribution in [3.63, 3.8) is 0 Å². The van der Waals surface area contributed by atoms with Crippen LogP contribution in [0.25, 0.3) is 0 Å². The number of hydrogen-bond donors (Lipinski definition) is 1. The summed E-state index contributed by atoms with van der Waals surface area (Å²) in [6.07, 6.45) is 2.49. The van der Waals surface area contributed by atoms with Gasteiger partial charge in [0.05, 0.1) is 17.3 Å². The summed E-state index contributed by atoms with van der Waals surface area (Å²) in [5.74, 6) is 0.0868. The molecule has 0 aliphatic rings. The lowest BCUT2D eigenvalue weighted by Crippen LogP contribution is -2.15. The third kappa shape index (κ3) is 3.34. The van der Waals surface area contributed by atoms with E-state index in [2.05, 4.69) is 14.7 Å². The molecule has 0 atom stereocenters. The Morgan fingerprint density at radius 1 is 1.16 bits per heavy atom. The highest BCUT2D eigenvalue weighted by molar-refractivity contribution is 7.92. The minimum Gasteiger partial charge on any atom is -0.262 e. The second-order valence-electron chi connectivity index (χ2n) is 3.74. The molecule has 100 valence electrons. The van der Waals surface area contributed by atoms with E-state index in [0.29, 0.717) is 10.6 Å². The number of aromatic nitrogens is 2. The van der Waals surface area contributed by atoms with E-state index in [0.717, 1.165) is 0 Å². The van der Waals surface area contributed by atoms with Crippen LogP contribution in [0.2, 0.25) is 10.2 Å². The van der Waals surface area contributed by atoms with E-state index >= 15 is 0 Å². The van der Waals surface area contributed by atoms with Crippen molar-refractivity contribution in [2.45, 2.75) is 11.8 Å². The van der Waals surface area contributed by atoms with Crippen LogP contribution in [0.4, 0.5) is 5.82 Å². The Morgan fingerprint density at radius 2 is 1.89 bits per heavy atom. The van der Waals surface area contributed by atoms with Gasteiger partial charge < -0.3 is 0 Å². The number of aryl methyl sites for hydroxylation is 1. The first-order chi connectivity index (χ1) is 8.88. The van der Waals surface area contributed by atoms with Crippen molar-refractivity contribution in [2.75, 3.05) is 4.72 Å². The summed E-state index contributed by atoms with van der Waals surface area (Å²) < 4.78 is 26.7. The van der Waals surface area contributed by atoms with Crippen LogP contribution in [-0.4, -0.2) is 18.4 Å². The first kappa shape index (κ1) is 14.0. The second kappa shape index (κ2) is 5.32. The molecule has 0 aliphatic carbocycles. The van der Waals surface area contributed by atoms with Gasteiger partial charge in [0.15, 0.2) is 5.82 Å². The SMILES string of the molecule is Cc1ccc(Cl)cc1S(=O)(=O)Nc1cnc(Cl)cn1. The summed E-state index contributed by atoms with van der Waals surface area (Å²) in [6, 6.07) is 4.63. The molecule has 1 aromatic heterocycles. The van der Waals surface area contributed by atoms with Crippen molar-refractivity contribution in [3.05, 3.63) is 46.3 Å². The quantitative estimate of drug-likeness (QED) is 0.944. The lowest BCUT2D eigenvalue weighted by Gasteiger charge is -2.09. The Labute approximate surface area is 120 Å². The number of nitrogens with one attached hydrogen (secondary N) is 1. The van der Waals surface area contributed by atoms with Crippen molar-refractivity contribution in [2.24, 2.45) is 0 Å². The molecule has 0 aliphatic heterocycles. The summed E-state index contributed by atoms with van der Waals surface area (Å²) in [6.45, 7) is 1.68. The maximum atomic E-state index is 12.2. The van der Waals surface area contributed by atoms with Gasteiger partial charge in [-0.15, -0.1) is 0 Å². The number of anilines is 1. The van der Waals surface area contributed by atoms with Crippen LogP contribution in [0.5, 0.6) is 0 Å². The normalized spacial score (nSPS) is 11.3. The number of sulfonamides is 1. The predicted molar refractivity (Wildman–Crippen MR) is 74.0 cm³/mol. The van der Waals surface area contributed by atoms with Crippen LogP contribution >= 0.6 is 23.2 Å². The molecular weight excluding hydrogens is 309 g/mol. The van der Waals surface area contributed by atoms with E-state index in [4.69, 9.17) is 23.2 Å². The first-order valence-corrected chi connectivity index (χ1v) is 7.39. The standard InChI is InChI=1S/C11H9Cl2N3O2S/c1-7-2-3-8(12)4-9(7)19(17,18)16-11-6-14-10(13)5-15-11/h2-6H,1H3,(H,15,16). The van der Waals surface area contributed by atoms with Crippen LogP contribution < -0.4 is 4.72 Å². The van der Waals surface area contributed by atoms with E-state index in [9.17, 15) is 8.42 Å². The van der Waals surface area contributed by atoms with E-state index in [-0.39, 0.29) is 15.9 Å². The molecule has 0 amide bonds. The van der Waals surface area contributed by atoms with Gasteiger partial charge in [-0.05, 0) is 24.6 Å². The van der Waals surface area contributed by atoms with Crippen LogP contribution in [0.15, 0.2) is 35.5 Å². The van der Waals surface area contributed by atoms with Crippen molar-refractivity contribution < 1.29 is 8.42 Å². The van der Waals surface area contributed by atoms with E-state index in [1.54, 1.807) is 19.1 Å². The van der Waals surface area contributed by atoms with Gasteiger partial charge in [-0.25, -0.2) is 18.4 Å². The highest BCUT2D eigenvalue weighted by atomic mass is 35.5. The maximum Gasteiger partial charge on any atom is 0.263 e. The average Bonchev–Trinajstić information content (AvgIpc) is 2.35. The molecule has 5 nitrogen and oxygen atoms in total. The zero-order valence-electron chi connectivity index (χ0n) is 9.76. The molecule has 0 unspecified atom stereocenters. The fraction of sp³-hybridized carbons (Fsp3) is 0.0909. The van der Waals surface area contributed by atoms with Crippen molar-refractivity contribution in [1.82, 2.24) is 9.97 Å². The molecule has 0 bridgehead atoms. The number of benzene rings is 1. The molecule has 19 heavy (non-hydrogen) atoms. The fourth-order valence-electron chi connectivity index (χ4n) is 1.42. The van der Waals surface area contributed by atoms with E-state index in [1.807, 2.05) is 0 Å². The van der Waals surface area contributed by atoms with Gasteiger partial charge in [0.25, 0.3) is 10.0 Å². The van der Waals surface area contributed by atoms with Crippen LogP contribution in [-0.2, 0) is 10.0 Å². The van der Waals surface area contributed by atoms with Gasteiger partial charge in [-0.2, -0.15) is 0 Å². The lowest BCUT2D eigenvalue weighted by molar-refractivity contribution is 0.600. The van der Waals surface area contributed by atoms with Crippen molar-refractivity contribution >= 4 is 39.0 Å². The number of halogens is 2. The number of hydrogen-bond acceptors (Lipinski definition) is 4. The van der Waals surface area contributed by atoms with Gasteiger partial charge in [0.1, 0.15) is 5.15 Å². The minimum absolute atomic E-state index is 0.0868. The summed E-state index contributed by atoms with van der Waals surface area (Å²) in [7, 11) is -3.76. The maximum absolute atomic E-state index is 12.2. The Kier molecular flexibility index (Phi) is 3.93. The molecule has 0 fully saturated rings. The Hall–Kier alpha value is -1.37. The largest absolute Gasteiger partial charge is 0.263 e. The molecule has 1 aromatic carbocycles. The molecule has 0 saturated heterocycles. The van der Waals surface area contributed by atoms with E-state index in [1.165, 1.54) is 18.5 Å². The first-order valence-electron chi connectivity index (χ1n) is 5.15. The van der Waals surface area contributed by atoms with Gasteiger partial charge in [-0.3, -0.25) is 4.72 Å². The zero-order valence-corrected chi connectivity index (χ0v) is 12.1. The van der Waals surface area contributed by atoms with Crippen LogP contribution in [0.1, 0.15) is 5.56 Å². The van der Waals surface area contributed by atoms with Crippen LogP contribution in [0, 0.1) is 6.92 Å². The lowest BCUT2D eigenvalue weighted by atomic mass is 10.2. The fourth-order valence-corrected chi connectivity index (χ4v) is 3.02. The Bertz CT molecular complexity index is 702. The summed E-state index contributed by atoms with van der Waals surface area (Å²) in [5, 5.41) is 0.523. The highest BCUT2D eigenvalue weighted by Crippen LogP contribution is 2.22. The topological polar surface area (TPSA) is 72.0 Å². The second-order valence-corrected chi connectivity index (χ2v) is 6.21. The van der Waals surface area contributed by atoms with Gasteiger partial charge in [0, 0.05) is 5.02 Å². The van der Waals surface area contributed by atoms with Crippen molar-refractivity contribution in [1.29, 1.82) is 0 Å². The molecule has 0 saturated carbocycles. The number of rotatable bonds is 3. The molecule has 8 heteroatoms. The summed E-state index contributed by atoms with van der Waals surface area (Å²) in [5.41, 5.74) is 0.582. The molecule has 0 spiro atoms. The average molecular weight is 318 g/mol. The molecule has 1 N–H and O–H groups in total. The molecule has 2 aromatic rings. The van der Waals surface area contributed by atoms with Crippen molar-refractivity contribution in [3.8, 4) is 0 Å². The van der Waals surface area contributed by atoms with E-state index < -0.39 is 10.0 Å². The Balaban J connectivity index is 2.37. The summed E-state index contributed by atoms with van der Waals surface area (Å²) in [4.78, 5) is 7.66. The molecular formula is C11H9Cl2N3O2S. The van der Waals surface area contributed by atoms with Gasteiger partial charge in [-0.1, -0.05) is 29.3 Å². The number of nitrogens with zero attached hydrogens (tertiary/aromatic N) is 2. The zero-order chi connectivity index (χ0) is 14.0. The highest BCUT2D eigenvalue weighted by Gasteiger charge is 2.18. The Morgan fingerprint density at radius 3 is 2.53 bits per heavy atom.